The largest absolute Gasteiger partial charge is 0.495 e. The third-order valence-electron chi connectivity index (χ3n) is 6.04. The normalized spacial score (nSPS) is 11.2. The lowest BCUT2D eigenvalue weighted by molar-refractivity contribution is 0.0988. The number of amides is 1. The second-order valence-corrected chi connectivity index (χ2v) is 9.35. The van der Waals surface area contributed by atoms with E-state index < -0.39 is 0 Å². The highest BCUT2D eigenvalue weighted by molar-refractivity contribution is 9.10. The van der Waals surface area contributed by atoms with Gasteiger partial charge in [0.15, 0.2) is 5.69 Å². The number of ether oxygens (including phenoxy) is 1. The number of carbonyl (C=O) groups is 1. The Bertz CT molecular complexity index is 1670. The summed E-state index contributed by atoms with van der Waals surface area (Å²) in [6.07, 6.45) is 0. The van der Waals surface area contributed by atoms with Crippen molar-refractivity contribution in [2.45, 2.75) is 0 Å². The van der Waals surface area contributed by atoms with E-state index in [1.807, 2.05) is 55.6 Å². The van der Waals surface area contributed by atoms with Crippen LogP contribution in [0.4, 0.5) is 5.69 Å². The predicted molar refractivity (Wildman–Crippen MR) is 142 cm³/mol. The van der Waals surface area contributed by atoms with Gasteiger partial charge in [0.25, 0.3) is 11.5 Å². The minimum absolute atomic E-state index is 0.161. The summed E-state index contributed by atoms with van der Waals surface area (Å²) < 4.78 is 9.16. The van der Waals surface area contributed by atoms with Crippen LogP contribution in [-0.4, -0.2) is 34.4 Å². The lowest BCUT2D eigenvalue weighted by Crippen LogP contribution is -2.31. The molecule has 0 spiro atoms. The van der Waals surface area contributed by atoms with Crippen molar-refractivity contribution in [3.63, 3.8) is 0 Å². The number of fused-ring (bicyclic) bond motifs is 3. The minimum Gasteiger partial charge on any atom is -0.495 e. The molecule has 0 aliphatic rings. The maximum absolute atomic E-state index is 13.8. The van der Waals surface area contributed by atoms with Gasteiger partial charge in [-0.25, -0.2) is 0 Å². The molecule has 35 heavy (non-hydrogen) atoms. The van der Waals surface area contributed by atoms with Gasteiger partial charge < -0.3 is 14.2 Å². The number of hydrogen-bond acceptors (Lipinski definition) is 4. The van der Waals surface area contributed by atoms with Gasteiger partial charge in [-0.1, -0.05) is 45.7 Å². The Labute approximate surface area is 214 Å². The van der Waals surface area contributed by atoms with Crippen LogP contribution in [0.15, 0.2) is 76.0 Å². The maximum atomic E-state index is 13.8. The number of nitrogens with zero attached hydrogens (tertiary/aromatic N) is 4. The zero-order valence-electron chi connectivity index (χ0n) is 19.1. The summed E-state index contributed by atoms with van der Waals surface area (Å²) in [5.41, 5.74) is 2.12. The van der Waals surface area contributed by atoms with Crippen molar-refractivity contribution < 1.29 is 9.53 Å². The molecule has 0 atom stereocenters. The van der Waals surface area contributed by atoms with Gasteiger partial charge in [0.2, 0.25) is 0 Å². The molecule has 5 aromatic rings. The van der Waals surface area contributed by atoms with Crippen molar-refractivity contribution in [1.29, 1.82) is 0 Å². The van der Waals surface area contributed by atoms with Crippen LogP contribution in [0.2, 0.25) is 5.02 Å². The number of benzene rings is 3. The maximum Gasteiger partial charge on any atom is 0.296 e. The van der Waals surface area contributed by atoms with Crippen molar-refractivity contribution in [3.8, 4) is 11.4 Å². The molecule has 0 aliphatic carbocycles. The van der Waals surface area contributed by atoms with Gasteiger partial charge in [0.05, 0.1) is 17.8 Å². The summed E-state index contributed by atoms with van der Waals surface area (Å²) >= 11 is 9.76. The smallest absolute Gasteiger partial charge is 0.296 e. The number of anilines is 1. The average molecular weight is 552 g/mol. The van der Waals surface area contributed by atoms with Crippen LogP contribution in [0, 0.1) is 0 Å². The molecule has 3 aromatic carbocycles. The molecule has 2 aromatic heterocycles. The van der Waals surface area contributed by atoms with Crippen molar-refractivity contribution in [1.82, 2.24) is 14.3 Å². The van der Waals surface area contributed by atoms with Crippen LogP contribution in [0.25, 0.3) is 27.5 Å². The van der Waals surface area contributed by atoms with Gasteiger partial charge in [0.1, 0.15) is 11.3 Å². The first-order chi connectivity index (χ1) is 16.8. The molecule has 0 saturated carbocycles. The third-order valence-corrected chi connectivity index (χ3v) is 6.86. The fourth-order valence-electron chi connectivity index (χ4n) is 4.23. The topological polar surface area (TPSA) is 69.4 Å². The summed E-state index contributed by atoms with van der Waals surface area (Å²) in [4.78, 5) is 29.1. The molecule has 7 nitrogen and oxygen atoms in total. The first kappa shape index (κ1) is 23.1. The van der Waals surface area contributed by atoms with Crippen molar-refractivity contribution in [2.75, 3.05) is 19.1 Å². The lowest BCUT2D eigenvalue weighted by atomic mass is 10.1. The first-order valence-corrected chi connectivity index (χ1v) is 11.9. The summed E-state index contributed by atoms with van der Waals surface area (Å²) in [5.74, 6) is 0.127. The summed E-state index contributed by atoms with van der Waals surface area (Å²) in [5, 5.41) is 6.21. The van der Waals surface area contributed by atoms with E-state index in [-0.39, 0.29) is 17.2 Å². The van der Waals surface area contributed by atoms with Gasteiger partial charge in [-0.15, -0.1) is 0 Å². The summed E-state index contributed by atoms with van der Waals surface area (Å²) in [7, 11) is 5.01. The Morgan fingerprint density at radius 3 is 2.49 bits per heavy atom. The fraction of sp³-hybridized carbons (Fsp3) is 0.115. The number of methoxy groups -OCH3 is 1. The fourth-order valence-corrected chi connectivity index (χ4v) is 4.75. The Hall–Kier alpha value is -3.62. The van der Waals surface area contributed by atoms with Crippen molar-refractivity contribution >= 4 is 60.9 Å². The van der Waals surface area contributed by atoms with E-state index in [2.05, 4.69) is 21.0 Å². The van der Waals surface area contributed by atoms with E-state index >= 15 is 0 Å². The molecule has 1 amide bonds. The Balaban J connectivity index is 1.82. The van der Waals surface area contributed by atoms with Crippen LogP contribution < -0.4 is 15.2 Å². The van der Waals surface area contributed by atoms with E-state index in [0.717, 1.165) is 15.4 Å². The van der Waals surface area contributed by atoms with Crippen LogP contribution in [-0.2, 0) is 7.05 Å². The minimum atomic E-state index is -0.359. The van der Waals surface area contributed by atoms with Gasteiger partial charge >= 0.3 is 0 Å². The third kappa shape index (κ3) is 3.79. The molecule has 2 heterocycles. The van der Waals surface area contributed by atoms with Gasteiger partial charge in [-0.3, -0.25) is 9.59 Å². The Kier molecular flexibility index (Phi) is 5.86. The molecule has 0 N–H and O–H groups in total. The van der Waals surface area contributed by atoms with E-state index in [1.165, 1.54) is 16.7 Å². The van der Waals surface area contributed by atoms with Crippen molar-refractivity contribution in [3.05, 3.63) is 92.3 Å². The van der Waals surface area contributed by atoms with E-state index in [4.69, 9.17) is 16.3 Å². The Morgan fingerprint density at radius 2 is 1.80 bits per heavy atom. The standard InChI is InChI=1S/C26H20BrClN4O3/c1-30(16-10-8-15(27)9-11-16)25(33)23-22-18-6-4-5-7-20(18)31(2)24(22)26(34)32(29-23)17-12-13-21(35-3)19(28)14-17/h4-14H,1-3H3. The number of aromatic nitrogens is 3. The molecule has 0 saturated heterocycles. The summed E-state index contributed by atoms with van der Waals surface area (Å²) in [6.45, 7) is 0. The second kappa shape index (κ2) is 8.87. The zero-order valence-corrected chi connectivity index (χ0v) is 21.5. The monoisotopic (exact) mass is 550 g/mol. The molecule has 176 valence electrons. The number of halogens is 2. The molecular weight excluding hydrogens is 532 g/mol. The van der Waals surface area contributed by atoms with Gasteiger partial charge in [-0.2, -0.15) is 9.78 Å². The molecule has 0 unspecified atom stereocenters. The van der Waals surface area contributed by atoms with E-state index in [9.17, 15) is 9.59 Å². The molecule has 0 aliphatic heterocycles. The predicted octanol–water partition coefficient (Wildman–Crippen LogP) is 5.58. The van der Waals surface area contributed by atoms with Crippen molar-refractivity contribution in [2.24, 2.45) is 7.05 Å². The number of hydrogen-bond donors (Lipinski definition) is 0. The molecule has 0 bridgehead atoms. The zero-order chi connectivity index (χ0) is 24.9. The van der Waals surface area contributed by atoms with Crippen LogP contribution >= 0.6 is 27.5 Å². The van der Waals surface area contributed by atoms with E-state index in [1.54, 1.807) is 29.8 Å². The first-order valence-electron chi connectivity index (χ1n) is 10.7. The average Bonchev–Trinajstić information content (AvgIpc) is 3.17. The molecule has 5 rings (SSSR count). The van der Waals surface area contributed by atoms with Crippen LogP contribution in [0.1, 0.15) is 10.5 Å². The number of aryl methyl sites for hydroxylation is 1. The highest BCUT2D eigenvalue weighted by Crippen LogP contribution is 2.31. The number of para-hydroxylation sites is 1. The Morgan fingerprint density at radius 1 is 1.09 bits per heavy atom. The number of rotatable bonds is 4. The SMILES string of the molecule is COc1ccc(-n2nc(C(=O)N(C)c3ccc(Br)cc3)c3c4ccccc4n(C)c3c2=O)cc1Cl. The highest BCUT2D eigenvalue weighted by atomic mass is 79.9. The quantitative estimate of drug-likeness (QED) is 0.292. The second-order valence-electron chi connectivity index (χ2n) is 8.02. The van der Waals surface area contributed by atoms with Crippen LogP contribution in [0.3, 0.4) is 0 Å². The highest BCUT2D eigenvalue weighted by Gasteiger charge is 2.26. The lowest BCUT2D eigenvalue weighted by Gasteiger charge is -2.18. The molecular formula is C26H20BrClN4O3. The van der Waals surface area contributed by atoms with Crippen LogP contribution in [0.5, 0.6) is 5.75 Å². The van der Waals surface area contributed by atoms with E-state index in [0.29, 0.717) is 33.0 Å². The molecule has 9 heteroatoms. The van der Waals surface area contributed by atoms with Gasteiger partial charge in [0, 0.05) is 40.5 Å². The molecule has 0 radical (unpaired) electrons. The summed E-state index contributed by atoms with van der Waals surface area (Å²) in [6, 6.07) is 19.9. The molecule has 0 fully saturated rings. The van der Waals surface area contributed by atoms with Gasteiger partial charge in [-0.05, 0) is 48.5 Å². The number of carbonyl (C=O) groups excluding carboxylic acids is 1.